The number of fused-ring (bicyclic) bond motifs is 1. The molecule has 4 rings (SSSR count). The molecule has 6 nitrogen and oxygen atoms in total. The fourth-order valence-corrected chi connectivity index (χ4v) is 4.48. The van der Waals surface area contributed by atoms with Gasteiger partial charge in [0.15, 0.2) is 0 Å². The van der Waals surface area contributed by atoms with Crippen molar-refractivity contribution in [1.29, 1.82) is 0 Å². The van der Waals surface area contributed by atoms with E-state index < -0.39 is 5.41 Å². The van der Waals surface area contributed by atoms with E-state index in [0.29, 0.717) is 13.0 Å². The van der Waals surface area contributed by atoms with Gasteiger partial charge < -0.3 is 15.0 Å². The molecule has 1 amide bonds. The third-order valence-corrected chi connectivity index (χ3v) is 6.49. The van der Waals surface area contributed by atoms with Gasteiger partial charge >= 0.3 is 0 Å². The zero-order valence-corrected chi connectivity index (χ0v) is 19.2. The fourth-order valence-electron chi connectivity index (χ4n) is 4.48. The Labute approximate surface area is 188 Å². The molecule has 0 bridgehead atoms. The zero-order valence-electron chi connectivity index (χ0n) is 19.2. The zero-order chi connectivity index (χ0) is 23.1. The number of nitrogens with one attached hydrogen (secondary N) is 1. The fraction of sp³-hybridized carbons (Fsp3) is 0.423. The normalized spacial score (nSPS) is 15.0. The lowest BCUT2D eigenvalue weighted by Gasteiger charge is -2.22. The van der Waals surface area contributed by atoms with E-state index in [-0.39, 0.29) is 17.1 Å². The van der Waals surface area contributed by atoms with Gasteiger partial charge in [0.2, 0.25) is 5.91 Å². The van der Waals surface area contributed by atoms with Crippen LogP contribution in [0.5, 0.6) is 5.75 Å². The first-order chi connectivity index (χ1) is 15.2. The maximum Gasteiger partial charge on any atom is 0.235 e. The van der Waals surface area contributed by atoms with E-state index in [1.807, 2.05) is 37.3 Å². The Bertz CT molecular complexity index is 1180. The number of hydrogen-bond acceptors (Lipinski definition) is 4. The maximum absolute atomic E-state index is 13.2. The number of hydrogen-bond donors (Lipinski definition) is 2. The summed E-state index contributed by atoms with van der Waals surface area (Å²) in [4.78, 5) is 23.8. The minimum atomic E-state index is -0.516. The number of aromatic hydroxyl groups is 1. The summed E-state index contributed by atoms with van der Waals surface area (Å²) in [5.74, 6) is 0.243. The van der Waals surface area contributed by atoms with Crippen LogP contribution in [-0.4, -0.2) is 22.1 Å². The standard InChI is InChI=1S/C26H31N3O3/c1-17-14-19(6-9-22(17)30)26(10-11-26)24(31)28-20-7-8-21-18(15-20)16-23(25(2,3)4)29(21)13-5-12-27-32/h6-9,14-16,30H,5,10-13H2,1-4H3,(H,28,31). The van der Waals surface area contributed by atoms with E-state index in [0.717, 1.165) is 47.1 Å². The number of amides is 1. The predicted octanol–water partition coefficient (Wildman–Crippen LogP) is 5.78. The van der Waals surface area contributed by atoms with Crippen molar-refractivity contribution in [1.82, 2.24) is 4.57 Å². The van der Waals surface area contributed by atoms with Gasteiger partial charge in [-0.1, -0.05) is 38.1 Å². The van der Waals surface area contributed by atoms with Gasteiger partial charge in [0.05, 0.1) is 12.0 Å². The van der Waals surface area contributed by atoms with Gasteiger partial charge in [0, 0.05) is 34.2 Å². The molecule has 32 heavy (non-hydrogen) atoms. The molecule has 0 radical (unpaired) electrons. The summed E-state index contributed by atoms with van der Waals surface area (Å²) in [5, 5.41) is 17.0. The summed E-state index contributed by atoms with van der Waals surface area (Å²) in [6.07, 6.45) is 2.31. The third-order valence-electron chi connectivity index (χ3n) is 6.49. The molecule has 0 aliphatic heterocycles. The van der Waals surface area contributed by atoms with E-state index in [2.05, 4.69) is 41.9 Å². The van der Waals surface area contributed by atoms with Crippen LogP contribution in [0.3, 0.4) is 0 Å². The van der Waals surface area contributed by atoms with Crippen molar-refractivity contribution in [2.45, 2.75) is 64.3 Å². The number of aryl methyl sites for hydroxylation is 2. The highest BCUT2D eigenvalue weighted by Crippen LogP contribution is 2.49. The molecule has 1 heterocycles. The third kappa shape index (κ3) is 4.01. The first-order valence-corrected chi connectivity index (χ1v) is 11.2. The minimum Gasteiger partial charge on any atom is -0.508 e. The lowest BCUT2D eigenvalue weighted by Crippen LogP contribution is -2.27. The summed E-state index contributed by atoms with van der Waals surface area (Å²) in [6, 6.07) is 13.6. The van der Waals surface area contributed by atoms with Crippen molar-refractivity contribution >= 4 is 22.5 Å². The van der Waals surface area contributed by atoms with Crippen LogP contribution >= 0.6 is 0 Å². The number of rotatable bonds is 7. The lowest BCUT2D eigenvalue weighted by molar-refractivity contribution is -0.118. The van der Waals surface area contributed by atoms with Crippen molar-refractivity contribution in [3.05, 3.63) is 64.2 Å². The number of nitrogens with zero attached hydrogens (tertiary/aromatic N) is 2. The highest BCUT2D eigenvalue weighted by atomic mass is 16.3. The van der Waals surface area contributed by atoms with Gasteiger partial charge in [-0.25, -0.2) is 0 Å². The number of carbonyl (C=O) groups excluding carboxylic acids is 1. The van der Waals surface area contributed by atoms with Crippen molar-refractivity contribution < 1.29 is 9.90 Å². The summed E-state index contributed by atoms with van der Waals surface area (Å²) in [6.45, 7) is 9.41. The summed E-state index contributed by atoms with van der Waals surface area (Å²) < 4.78 is 2.26. The largest absolute Gasteiger partial charge is 0.508 e. The number of aromatic nitrogens is 1. The average molecular weight is 434 g/mol. The summed E-state index contributed by atoms with van der Waals surface area (Å²) in [5.41, 5.74) is 4.23. The molecule has 0 atom stereocenters. The number of carbonyl (C=O) groups is 1. The van der Waals surface area contributed by atoms with Gasteiger partial charge in [0.25, 0.3) is 0 Å². The molecule has 0 spiro atoms. The van der Waals surface area contributed by atoms with Gasteiger partial charge in [-0.05, 0) is 67.6 Å². The second-order valence-corrected chi connectivity index (χ2v) is 9.95. The SMILES string of the molecule is Cc1cc(C2(C(=O)Nc3ccc4c(c3)cc(C(C)(C)C)n4CCCN=O)CC2)ccc1O. The van der Waals surface area contributed by atoms with Crippen molar-refractivity contribution in [3.8, 4) is 5.75 Å². The van der Waals surface area contributed by atoms with Crippen LogP contribution in [0, 0.1) is 11.8 Å². The molecule has 1 aliphatic rings. The van der Waals surface area contributed by atoms with Crippen LogP contribution in [0.15, 0.2) is 47.6 Å². The number of phenols is 1. The summed E-state index contributed by atoms with van der Waals surface area (Å²) in [7, 11) is 0. The van der Waals surface area contributed by atoms with Crippen molar-refractivity contribution in [2.75, 3.05) is 11.9 Å². The predicted molar refractivity (Wildman–Crippen MR) is 128 cm³/mol. The second-order valence-electron chi connectivity index (χ2n) is 9.95. The Morgan fingerprint density at radius 2 is 1.91 bits per heavy atom. The molecule has 0 unspecified atom stereocenters. The summed E-state index contributed by atoms with van der Waals surface area (Å²) >= 11 is 0. The molecule has 1 fully saturated rings. The minimum absolute atomic E-state index is 0.00512. The highest BCUT2D eigenvalue weighted by Gasteiger charge is 2.51. The van der Waals surface area contributed by atoms with Crippen molar-refractivity contribution in [2.24, 2.45) is 5.18 Å². The van der Waals surface area contributed by atoms with E-state index in [1.54, 1.807) is 6.07 Å². The van der Waals surface area contributed by atoms with Gasteiger partial charge in [-0.15, -0.1) is 0 Å². The van der Waals surface area contributed by atoms with Crippen LogP contribution < -0.4 is 5.32 Å². The Morgan fingerprint density at radius 1 is 1.16 bits per heavy atom. The topological polar surface area (TPSA) is 83.7 Å². The first-order valence-electron chi connectivity index (χ1n) is 11.2. The molecular weight excluding hydrogens is 402 g/mol. The van der Waals surface area contributed by atoms with Crippen LogP contribution in [0.2, 0.25) is 0 Å². The number of anilines is 1. The molecule has 6 heteroatoms. The van der Waals surface area contributed by atoms with Gasteiger partial charge in [-0.2, -0.15) is 4.91 Å². The number of nitroso groups, excluding NO2 is 1. The molecule has 1 aromatic heterocycles. The Hall–Kier alpha value is -3.15. The highest BCUT2D eigenvalue weighted by molar-refractivity contribution is 6.02. The van der Waals surface area contributed by atoms with Crippen LogP contribution in [0.25, 0.3) is 10.9 Å². The molecule has 0 saturated heterocycles. The van der Waals surface area contributed by atoms with Gasteiger partial charge in [0.1, 0.15) is 5.75 Å². The van der Waals surface area contributed by atoms with Crippen molar-refractivity contribution in [3.63, 3.8) is 0 Å². The lowest BCUT2D eigenvalue weighted by atomic mass is 9.92. The van der Waals surface area contributed by atoms with Gasteiger partial charge in [-0.3, -0.25) is 4.79 Å². The molecule has 2 aromatic carbocycles. The van der Waals surface area contributed by atoms with E-state index >= 15 is 0 Å². The molecule has 2 N–H and O–H groups in total. The smallest absolute Gasteiger partial charge is 0.235 e. The van der Waals surface area contributed by atoms with Crippen LogP contribution in [-0.2, 0) is 22.2 Å². The number of phenolic OH excluding ortho intramolecular Hbond substituents is 1. The Balaban J connectivity index is 1.62. The van der Waals surface area contributed by atoms with E-state index in [4.69, 9.17) is 0 Å². The quantitative estimate of drug-likeness (QED) is 0.366. The van der Waals surface area contributed by atoms with E-state index in [1.165, 1.54) is 5.69 Å². The molecule has 1 saturated carbocycles. The first kappa shape index (κ1) is 22.1. The number of benzene rings is 2. The monoisotopic (exact) mass is 433 g/mol. The maximum atomic E-state index is 13.2. The molecular formula is C26H31N3O3. The molecule has 1 aliphatic carbocycles. The molecule has 168 valence electrons. The van der Waals surface area contributed by atoms with Crippen LogP contribution in [0.1, 0.15) is 56.9 Å². The van der Waals surface area contributed by atoms with Crippen LogP contribution in [0.4, 0.5) is 5.69 Å². The molecule has 3 aromatic rings. The Kier molecular flexibility index (Phi) is 5.57. The Morgan fingerprint density at radius 3 is 2.53 bits per heavy atom. The van der Waals surface area contributed by atoms with E-state index in [9.17, 15) is 14.8 Å². The second kappa shape index (κ2) is 8.08. The average Bonchev–Trinajstić information content (AvgIpc) is 3.46.